The quantitative estimate of drug-likeness (QED) is 0.459. The molecule has 1 saturated heterocycles. The van der Waals surface area contributed by atoms with E-state index in [1.165, 1.54) is 19.2 Å². The highest BCUT2D eigenvalue weighted by molar-refractivity contribution is 7.91. The van der Waals surface area contributed by atoms with Crippen LogP contribution in [-0.2, 0) is 24.2 Å². The van der Waals surface area contributed by atoms with Crippen molar-refractivity contribution >= 4 is 27.5 Å². The SMILES string of the molecule is COC(=O)CC1(NC(=O)C(=O)c2cc(F)ccc2C)CCS(=O)(=O)CC1. The van der Waals surface area contributed by atoms with Crippen LogP contribution in [0.15, 0.2) is 18.2 Å². The molecule has 0 radical (unpaired) electrons. The number of aryl methyl sites for hydroxylation is 1. The van der Waals surface area contributed by atoms with E-state index in [-0.39, 0.29) is 36.3 Å². The van der Waals surface area contributed by atoms with Gasteiger partial charge in [-0.3, -0.25) is 14.4 Å². The van der Waals surface area contributed by atoms with Crippen molar-refractivity contribution in [1.82, 2.24) is 5.32 Å². The van der Waals surface area contributed by atoms with E-state index in [9.17, 15) is 27.2 Å². The third-order valence-corrected chi connectivity index (χ3v) is 6.18. The smallest absolute Gasteiger partial charge is 0.307 e. The van der Waals surface area contributed by atoms with Crippen molar-refractivity contribution in [2.75, 3.05) is 18.6 Å². The van der Waals surface area contributed by atoms with Crippen molar-refractivity contribution in [1.29, 1.82) is 0 Å². The van der Waals surface area contributed by atoms with E-state index in [1.54, 1.807) is 6.92 Å². The Labute approximate surface area is 150 Å². The number of benzene rings is 1. The fourth-order valence-electron chi connectivity index (χ4n) is 2.88. The monoisotopic (exact) mass is 385 g/mol. The average Bonchev–Trinajstić information content (AvgIpc) is 2.59. The number of esters is 1. The second-order valence-electron chi connectivity index (χ2n) is 6.43. The van der Waals surface area contributed by atoms with E-state index in [0.29, 0.717) is 5.56 Å². The van der Waals surface area contributed by atoms with E-state index in [2.05, 4.69) is 10.1 Å². The molecule has 9 heteroatoms. The fourth-order valence-corrected chi connectivity index (χ4v) is 4.49. The Balaban J connectivity index is 2.24. The lowest BCUT2D eigenvalue weighted by atomic mass is 9.88. The molecule has 0 aliphatic carbocycles. The second-order valence-corrected chi connectivity index (χ2v) is 8.73. The van der Waals surface area contributed by atoms with E-state index < -0.39 is 38.9 Å². The van der Waals surface area contributed by atoms with Crippen LogP contribution in [0.5, 0.6) is 0 Å². The molecule has 0 unspecified atom stereocenters. The minimum absolute atomic E-state index is 0.00835. The molecule has 1 aromatic carbocycles. The lowest BCUT2D eigenvalue weighted by Crippen LogP contribution is -2.56. The van der Waals surface area contributed by atoms with Crippen molar-refractivity contribution in [3.8, 4) is 0 Å². The number of amides is 1. The van der Waals surface area contributed by atoms with E-state index >= 15 is 0 Å². The molecule has 0 bridgehead atoms. The first kappa shape index (κ1) is 20.0. The molecule has 2 rings (SSSR count). The van der Waals surface area contributed by atoms with E-state index in [4.69, 9.17) is 0 Å². The van der Waals surface area contributed by atoms with Crippen LogP contribution in [0, 0.1) is 12.7 Å². The van der Waals surface area contributed by atoms with Gasteiger partial charge in [-0.25, -0.2) is 12.8 Å². The van der Waals surface area contributed by atoms with Crippen molar-refractivity contribution in [3.05, 3.63) is 35.1 Å². The van der Waals surface area contributed by atoms with Crippen molar-refractivity contribution in [3.63, 3.8) is 0 Å². The lowest BCUT2D eigenvalue weighted by Gasteiger charge is -2.36. The molecule has 0 atom stereocenters. The fraction of sp³-hybridized carbons (Fsp3) is 0.471. The maximum Gasteiger partial charge on any atom is 0.307 e. The summed E-state index contributed by atoms with van der Waals surface area (Å²) in [6.45, 7) is 1.57. The number of nitrogens with one attached hydrogen (secondary N) is 1. The zero-order valence-electron chi connectivity index (χ0n) is 14.5. The third-order valence-electron chi connectivity index (χ3n) is 4.52. The number of methoxy groups -OCH3 is 1. The van der Waals surface area contributed by atoms with Gasteiger partial charge in [0, 0.05) is 5.56 Å². The molecule has 1 amide bonds. The van der Waals surface area contributed by atoms with Crippen LogP contribution >= 0.6 is 0 Å². The number of rotatable bonds is 5. The summed E-state index contributed by atoms with van der Waals surface area (Å²) in [6.07, 6.45) is -0.267. The van der Waals surface area contributed by atoms with Gasteiger partial charge >= 0.3 is 5.97 Å². The van der Waals surface area contributed by atoms with Crippen molar-refractivity contribution in [2.45, 2.75) is 31.7 Å². The van der Waals surface area contributed by atoms with Gasteiger partial charge < -0.3 is 10.1 Å². The molecule has 1 heterocycles. The summed E-state index contributed by atoms with van der Waals surface area (Å²) >= 11 is 0. The molecular formula is C17H20FNO6S. The zero-order valence-corrected chi connectivity index (χ0v) is 15.3. The third kappa shape index (κ3) is 4.66. The molecule has 142 valence electrons. The number of hydrogen-bond acceptors (Lipinski definition) is 6. The van der Waals surface area contributed by atoms with E-state index in [0.717, 1.165) is 6.07 Å². The van der Waals surface area contributed by atoms with Gasteiger partial charge in [-0.15, -0.1) is 0 Å². The number of Topliss-reactive ketones (excluding diaryl/α,β-unsaturated/α-hetero) is 1. The van der Waals surface area contributed by atoms with Gasteiger partial charge in [0.25, 0.3) is 11.7 Å². The Kier molecular flexibility index (Phi) is 5.80. The summed E-state index contributed by atoms with van der Waals surface area (Å²) in [6, 6.07) is 3.53. The maximum absolute atomic E-state index is 13.4. The Morgan fingerprint density at radius 2 is 1.85 bits per heavy atom. The molecule has 26 heavy (non-hydrogen) atoms. The highest BCUT2D eigenvalue weighted by atomic mass is 32.2. The number of halogens is 1. The summed E-state index contributed by atoms with van der Waals surface area (Å²) in [5.41, 5.74) is -0.842. The predicted molar refractivity (Wildman–Crippen MR) is 90.9 cm³/mol. The highest BCUT2D eigenvalue weighted by Gasteiger charge is 2.41. The topological polar surface area (TPSA) is 107 Å². The Bertz CT molecular complexity index is 835. The van der Waals surface area contributed by atoms with E-state index in [1.807, 2.05) is 0 Å². The standard InChI is InChI=1S/C17H20FNO6S/c1-11-3-4-12(18)9-13(11)15(21)16(22)19-17(10-14(20)25-2)5-7-26(23,24)8-6-17/h3-4,9H,5-8,10H2,1-2H3,(H,19,22). The Morgan fingerprint density at radius 3 is 2.42 bits per heavy atom. The largest absolute Gasteiger partial charge is 0.469 e. The minimum atomic E-state index is -3.25. The number of carbonyl (C=O) groups is 3. The van der Waals surface area contributed by atoms with Gasteiger partial charge in [-0.1, -0.05) is 6.07 Å². The van der Waals surface area contributed by atoms with Crippen LogP contribution in [0.1, 0.15) is 35.2 Å². The van der Waals surface area contributed by atoms with Crippen molar-refractivity contribution < 1.29 is 31.9 Å². The first-order valence-corrected chi connectivity index (χ1v) is 9.80. The number of hydrogen-bond donors (Lipinski definition) is 1. The van der Waals surface area contributed by atoms with Crippen LogP contribution < -0.4 is 5.32 Å². The predicted octanol–water partition coefficient (Wildman–Crippen LogP) is 0.944. The number of carbonyl (C=O) groups excluding carboxylic acids is 3. The summed E-state index contributed by atoms with van der Waals surface area (Å²) < 4.78 is 41.4. The van der Waals surface area contributed by atoms with Crippen LogP contribution in [0.4, 0.5) is 4.39 Å². The van der Waals surface area contributed by atoms with Crippen LogP contribution in [0.3, 0.4) is 0 Å². The Morgan fingerprint density at radius 1 is 1.23 bits per heavy atom. The zero-order chi connectivity index (χ0) is 19.5. The minimum Gasteiger partial charge on any atom is -0.469 e. The molecular weight excluding hydrogens is 365 g/mol. The molecule has 0 saturated carbocycles. The maximum atomic E-state index is 13.4. The molecule has 1 aromatic rings. The first-order chi connectivity index (χ1) is 12.1. The summed E-state index contributed by atoms with van der Waals surface area (Å²) in [5.74, 6) is -3.66. The van der Waals surface area contributed by atoms with Crippen molar-refractivity contribution in [2.24, 2.45) is 0 Å². The molecule has 1 aliphatic heterocycles. The first-order valence-electron chi connectivity index (χ1n) is 7.98. The normalized spacial score (nSPS) is 18.0. The molecule has 1 aliphatic rings. The van der Waals surface area contributed by atoms with Gasteiger partial charge in [0.15, 0.2) is 0 Å². The van der Waals surface area contributed by atoms with Gasteiger partial charge in [-0.05, 0) is 37.5 Å². The Hall–Kier alpha value is -2.29. The van der Waals surface area contributed by atoms with Gasteiger partial charge in [0.05, 0.1) is 30.6 Å². The van der Waals surface area contributed by atoms with Gasteiger partial charge in [0.1, 0.15) is 15.7 Å². The summed E-state index contributed by atoms with van der Waals surface area (Å²) in [5, 5.41) is 2.50. The second kappa shape index (κ2) is 7.53. The molecule has 1 N–H and O–H groups in total. The average molecular weight is 385 g/mol. The molecule has 0 aromatic heterocycles. The van der Waals surface area contributed by atoms with Gasteiger partial charge in [0.2, 0.25) is 0 Å². The number of ether oxygens (including phenoxy) is 1. The summed E-state index contributed by atoms with van der Waals surface area (Å²) in [7, 11) is -2.08. The summed E-state index contributed by atoms with van der Waals surface area (Å²) in [4.78, 5) is 36.5. The van der Waals surface area contributed by atoms with Crippen LogP contribution in [0.25, 0.3) is 0 Å². The molecule has 0 spiro atoms. The molecule has 1 fully saturated rings. The van der Waals surface area contributed by atoms with Crippen LogP contribution in [-0.4, -0.2) is 50.2 Å². The highest BCUT2D eigenvalue weighted by Crippen LogP contribution is 2.28. The van der Waals surface area contributed by atoms with Crippen LogP contribution in [0.2, 0.25) is 0 Å². The molecule has 7 nitrogen and oxygen atoms in total. The number of ketones is 1. The number of sulfone groups is 1. The van der Waals surface area contributed by atoms with Gasteiger partial charge in [-0.2, -0.15) is 0 Å². The lowest BCUT2D eigenvalue weighted by molar-refractivity contribution is -0.142.